The van der Waals surface area contributed by atoms with Crippen molar-refractivity contribution in [2.24, 2.45) is 0 Å². The van der Waals surface area contributed by atoms with Crippen LogP contribution < -0.4 is 0 Å². The van der Waals surface area contributed by atoms with Gasteiger partial charge in [0.15, 0.2) is 0 Å². The summed E-state index contributed by atoms with van der Waals surface area (Å²) in [6, 6.07) is 2.19. The summed E-state index contributed by atoms with van der Waals surface area (Å²) in [4.78, 5) is 2.80. The van der Waals surface area contributed by atoms with Crippen molar-refractivity contribution in [1.29, 1.82) is 0 Å². The Bertz CT molecular complexity index is 319. The van der Waals surface area contributed by atoms with E-state index in [0.717, 1.165) is 12.8 Å². The number of fused-ring (bicyclic) bond motifs is 1. The van der Waals surface area contributed by atoms with Gasteiger partial charge in [0, 0.05) is 9.75 Å². The third kappa shape index (κ3) is 1.53. The van der Waals surface area contributed by atoms with Gasteiger partial charge in [0.05, 0.1) is 6.10 Å². The Morgan fingerprint density at radius 3 is 2.69 bits per heavy atom. The lowest BCUT2D eigenvalue weighted by Crippen LogP contribution is -2.08. The molecule has 0 fully saturated rings. The van der Waals surface area contributed by atoms with Gasteiger partial charge in [0.1, 0.15) is 0 Å². The van der Waals surface area contributed by atoms with E-state index >= 15 is 0 Å². The molecule has 1 atom stereocenters. The van der Waals surface area contributed by atoms with Gasteiger partial charge < -0.3 is 5.11 Å². The van der Waals surface area contributed by atoms with Crippen molar-refractivity contribution in [3.05, 3.63) is 21.4 Å². The molecule has 1 aliphatic carbocycles. The van der Waals surface area contributed by atoms with E-state index in [-0.39, 0.29) is 11.5 Å². The highest BCUT2D eigenvalue weighted by molar-refractivity contribution is 7.12. The number of hydrogen-bond acceptors (Lipinski definition) is 2. The quantitative estimate of drug-likeness (QED) is 0.676. The van der Waals surface area contributed by atoms with E-state index in [1.165, 1.54) is 15.3 Å². The highest BCUT2D eigenvalue weighted by Gasteiger charge is 2.26. The van der Waals surface area contributed by atoms with Crippen molar-refractivity contribution in [3.63, 3.8) is 0 Å². The predicted molar refractivity (Wildman–Crippen MR) is 56.3 cm³/mol. The molecule has 1 aromatic heterocycles. The predicted octanol–water partition coefficient (Wildman–Crippen LogP) is 3.03. The first-order valence-corrected chi connectivity index (χ1v) is 5.61. The maximum atomic E-state index is 9.67. The summed E-state index contributed by atoms with van der Waals surface area (Å²) in [6.07, 6.45) is 1.80. The Balaban J connectivity index is 2.40. The second-order valence-corrected chi connectivity index (χ2v) is 5.93. The van der Waals surface area contributed by atoms with Crippen molar-refractivity contribution in [2.75, 3.05) is 0 Å². The van der Waals surface area contributed by atoms with Crippen LogP contribution in [0.1, 0.15) is 48.6 Å². The van der Waals surface area contributed by atoms with E-state index in [9.17, 15) is 5.11 Å². The Kier molecular flexibility index (Phi) is 2.00. The lowest BCUT2D eigenvalue weighted by molar-refractivity contribution is 0.180. The third-order valence-corrected chi connectivity index (χ3v) is 4.22. The lowest BCUT2D eigenvalue weighted by atomic mass is 9.94. The van der Waals surface area contributed by atoms with Crippen LogP contribution in [0.2, 0.25) is 0 Å². The molecule has 1 unspecified atom stereocenters. The van der Waals surface area contributed by atoms with E-state index in [2.05, 4.69) is 26.8 Å². The van der Waals surface area contributed by atoms with Gasteiger partial charge in [-0.2, -0.15) is 0 Å². The second kappa shape index (κ2) is 2.82. The van der Waals surface area contributed by atoms with Gasteiger partial charge in [-0.1, -0.05) is 20.8 Å². The van der Waals surface area contributed by atoms with Crippen molar-refractivity contribution < 1.29 is 5.11 Å². The molecule has 72 valence electrons. The summed E-state index contributed by atoms with van der Waals surface area (Å²) in [6.45, 7) is 6.67. The van der Waals surface area contributed by atoms with Crippen LogP contribution in [0.15, 0.2) is 6.07 Å². The largest absolute Gasteiger partial charge is 0.388 e. The number of aliphatic hydroxyl groups excluding tert-OH is 1. The molecule has 2 rings (SSSR count). The summed E-state index contributed by atoms with van der Waals surface area (Å²) in [5.41, 5.74) is 1.42. The van der Waals surface area contributed by atoms with Crippen molar-refractivity contribution in [2.45, 2.75) is 45.1 Å². The molecule has 13 heavy (non-hydrogen) atoms. The number of rotatable bonds is 0. The summed E-state index contributed by atoms with van der Waals surface area (Å²) in [5.74, 6) is 0. The molecule has 1 aromatic rings. The lowest BCUT2D eigenvalue weighted by Gasteiger charge is -2.15. The molecular formula is C11H16OS. The average molecular weight is 196 g/mol. The number of thiophene rings is 1. The topological polar surface area (TPSA) is 20.2 Å². The molecule has 0 aromatic carbocycles. The van der Waals surface area contributed by atoms with Crippen LogP contribution in [-0.2, 0) is 11.8 Å². The summed E-state index contributed by atoms with van der Waals surface area (Å²) in [7, 11) is 0. The van der Waals surface area contributed by atoms with Gasteiger partial charge in [-0.15, -0.1) is 11.3 Å². The average Bonchev–Trinajstić information content (AvgIpc) is 2.51. The molecular weight excluding hydrogens is 180 g/mol. The second-order valence-electron chi connectivity index (χ2n) is 4.79. The van der Waals surface area contributed by atoms with Crippen LogP contribution in [0.3, 0.4) is 0 Å². The minimum atomic E-state index is -0.192. The third-order valence-electron chi connectivity index (χ3n) is 2.58. The fourth-order valence-electron chi connectivity index (χ4n) is 1.71. The smallest absolute Gasteiger partial charge is 0.0804 e. The molecule has 0 saturated heterocycles. The van der Waals surface area contributed by atoms with Crippen LogP contribution in [0.5, 0.6) is 0 Å². The van der Waals surface area contributed by atoms with Gasteiger partial charge in [-0.05, 0) is 29.9 Å². The monoisotopic (exact) mass is 196 g/mol. The molecule has 0 spiro atoms. The molecule has 1 nitrogen and oxygen atoms in total. The zero-order valence-corrected chi connectivity index (χ0v) is 9.24. The Labute approximate surface area is 83.4 Å². The van der Waals surface area contributed by atoms with Gasteiger partial charge in [-0.25, -0.2) is 0 Å². The first-order chi connectivity index (χ1) is 5.98. The fraction of sp³-hybridized carbons (Fsp3) is 0.636. The molecule has 1 aliphatic rings. The number of aryl methyl sites for hydroxylation is 1. The number of aliphatic hydroxyl groups is 1. The minimum Gasteiger partial charge on any atom is -0.388 e. The minimum absolute atomic E-state index is 0.192. The van der Waals surface area contributed by atoms with Gasteiger partial charge in [-0.3, -0.25) is 0 Å². The Morgan fingerprint density at radius 2 is 2.15 bits per heavy atom. The molecule has 0 amide bonds. The highest BCUT2D eigenvalue weighted by atomic mass is 32.1. The zero-order chi connectivity index (χ0) is 9.64. The van der Waals surface area contributed by atoms with Crippen LogP contribution in [0.25, 0.3) is 0 Å². The van der Waals surface area contributed by atoms with Crippen molar-refractivity contribution >= 4 is 11.3 Å². The van der Waals surface area contributed by atoms with Gasteiger partial charge in [0.25, 0.3) is 0 Å². The van der Waals surface area contributed by atoms with Crippen LogP contribution in [0, 0.1) is 0 Å². The molecule has 2 heteroatoms. The Hall–Kier alpha value is -0.340. The maximum Gasteiger partial charge on any atom is 0.0804 e. The van der Waals surface area contributed by atoms with Crippen molar-refractivity contribution in [1.82, 2.24) is 0 Å². The van der Waals surface area contributed by atoms with E-state index in [4.69, 9.17) is 0 Å². The van der Waals surface area contributed by atoms with Gasteiger partial charge in [0.2, 0.25) is 0 Å². The molecule has 0 bridgehead atoms. The van der Waals surface area contributed by atoms with Crippen LogP contribution in [-0.4, -0.2) is 5.11 Å². The highest BCUT2D eigenvalue weighted by Crippen LogP contribution is 2.41. The standard InChI is InChI=1S/C11H16OS/c1-11(2,3)10-6-7-8(12)4-5-9(7)13-10/h6,8,12H,4-5H2,1-3H3. The van der Waals surface area contributed by atoms with E-state index in [1.807, 2.05) is 11.3 Å². The molecule has 0 radical (unpaired) electrons. The van der Waals surface area contributed by atoms with Crippen LogP contribution in [0.4, 0.5) is 0 Å². The summed E-state index contributed by atoms with van der Waals surface area (Å²) >= 11 is 1.87. The molecule has 1 heterocycles. The first-order valence-electron chi connectivity index (χ1n) is 4.79. The Morgan fingerprint density at radius 1 is 1.46 bits per heavy atom. The summed E-state index contributed by atoms with van der Waals surface area (Å²) in [5, 5.41) is 9.67. The first kappa shape index (κ1) is 9.22. The van der Waals surface area contributed by atoms with E-state index in [1.54, 1.807) is 0 Å². The maximum absolute atomic E-state index is 9.67. The fourth-order valence-corrected chi connectivity index (χ4v) is 3.00. The molecule has 1 N–H and O–H groups in total. The van der Waals surface area contributed by atoms with E-state index in [0.29, 0.717) is 0 Å². The van der Waals surface area contributed by atoms with Crippen molar-refractivity contribution in [3.8, 4) is 0 Å². The molecule has 0 aliphatic heterocycles. The van der Waals surface area contributed by atoms with Gasteiger partial charge >= 0.3 is 0 Å². The SMILES string of the molecule is CC(C)(C)c1cc2c(s1)CCC2O. The summed E-state index contributed by atoms with van der Waals surface area (Å²) < 4.78 is 0. The number of hydrogen-bond donors (Lipinski definition) is 1. The van der Waals surface area contributed by atoms with Crippen LogP contribution >= 0.6 is 11.3 Å². The normalized spacial score (nSPS) is 22.0. The zero-order valence-electron chi connectivity index (χ0n) is 8.42. The van der Waals surface area contributed by atoms with E-state index < -0.39 is 0 Å². The molecule has 0 saturated carbocycles.